The molecular weight excluding hydrogens is 174 g/mol. The summed E-state index contributed by atoms with van der Waals surface area (Å²) in [6.07, 6.45) is -2.05. The third-order valence-electron chi connectivity index (χ3n) is 2.09. The largest absolute Gasteiger partial charge is 0.390 e. The van der Waals surface area contributed by atoms with Crippen molar-refractivity contribution in [1.29, 1.82) is 0 Å². The smallest absolute Gasteiger partial charge is 0.183 e. The molecule has 1 aliphatic rings. The van der Waals surface area contributed by atoms with Crippen LogP contribution in [0.3, 0.4) is 0 Å². The van der Waals surface area contributed by atoms with Crippen LogP contribution in [0.4, 0.5) is 0 Å². The van der Waals surface area contributed by atoms with Crippen LogP contribution in [-0.4, -0.2) is 48.0 Å². The predicted octanol–water partition coefficient (Wildman–Crippen LogP) is -1.18. The average Bonchev–Trinajstić information content (AvgIpc) is 2.09. The highest BCUT2D eigenvalue weighted by Crippen LogP contribution is 2.20. The Labute approximate surface area is 77.4 Å². The summed E-state index contributed by atoms with van der Waals surface area (Å²) in [5.74, 6) is 0. The molecular formula is C8H17NO4. The van der Waals surface area contributed by atoms with Crippen molar-refractivity contribution in [1.82, 2.24) is 0 Å². The highest BCUT2D eigenvalue weighted by molar-refractivity contribution is 4.78. The molecule has 0 bridgehead atoms. The van der Waals surface area contributed by atoms with Gasteiger partial charge in [-0.3, -0.25) is 0 Å². The molecule has 0 aromatic rings. The number of rotatable bonds is 3. The third-order valence-corrected chi connectivity index (χ3v) is 2.09. The van der Waals surface area contributed by atoms with Crippen molar-refractivity contribution in [3.63, 3.8) is 0 Å². The van der Waals surface area contributed by atoms with Gasteiger partial charge in [0.1, 0.15) is 6.10 Å². The molecule has 1 saturated heterocycles. The highest BCUT2D eigenvalue weighted by atomic mass is 16.7. The lowest BCUT2D eigenvalue weighted by Gasteiger charge is -2.35. The maximum absolute atomic E-state index is 9.43. The number of nitrogens with two attached hydrogens (primary N) is 1. The fourth-order valence-corrected chi connectivity index (χ4v) is 1.28. The van der Waals surface area contributed by atoms with Gasteiger partial charge in [0, 0.05) is 13.0 Å². The van der Waals surface area contributed by atoms with E-state index in [2.05, 4.69) is 0 Å². The molecule has 1 rings (SSSR count). The minimum Gasteiger partial charge on any atom is -0.390 e. The molecule has 78 valence electrons. The maximum Gasteiger partial charge on any atom is 0.183 e. The van der Waals surface area contributed by atoms with E-state index in [1.165, 1.54) is 0 Å². The van der Waals surface area contributed by atoms with Crippen LogP contribution in [0.1, 0.15) is 13.3 Å². The Morgan fingerprint density at radius 1 is 1.46 bits per heavy atom. The zero-order valence-corrected chi connectivity index (χ0v) is 7.72. The van der Waals surface area contributed by atoms with Gasteiger partial charge in [-0.2, -0.15) is 0 Å². The summed E-state index contributed by atoms with van der Waals surface area (Å²) in [6, 6.07) is 0. The summed E-state index contributed by atoms with van der Waals surface area (Å²) >= 11 is 0. The summed E-state index contributed by atoms with van der Waals surface area (Å²) in [5.41, 5.74) is 5.24. The van der Waals surface area contributed by atoms with Gasteiger partial charge in [-0.05, 0) is 6.92 Å². The second-order valence-electron chi connectivity index (χ2n) is 3.24. The summed E-state index contributed by atoms with van der Waals surface area (Å²) < 4.78 is 10.4. The Bertz CT molecular complexity index is 155. The lowest BCUT2D eigenvalue weighted by Crippen LogP contribution is -2.47. The lowest BCUT2D eigenvalue weighted by atomic mass is 10.0. The minimum atomic E-state index is -0.766. The minimum absolute atomic E-state index is 0.288. The monoisotopic (exact) mass is 191 g/mol. The second-order valence-corrected chi connectivity index (χ2v) is 3.24. The molecule has 0 saturated carbocycles. The van der Waals surface area contributed by atoms with Gasteiger partial charge in [-0.25, -0.2) is 0 Å². The molecule has 13 heavy (non-hydrogen) atoms. The Morgan fingerprint density at radius 2 is 2.15 bits per heavy atom. The van der Waals surface area contributed by atoms with Gasteiger partial charge in [0.25, 0.3) is 0 Å². The number of ether oxygens (including phenoxy) is 2. The van der Waals surface area contributed by atoms with Crippen molar-refractivity contribution >= 4 is 0 Å². The molecule has 0 aromatic carbocycles. The van der Waals surface area contributed by atoms with E-state index in [-0.39, 0.29) is 12.5 Å². The SMILES string of the molecule is CC1O[C@H](OCCN)C(O)C[C@@H]1O. The molecule has 1 heterocycles. The number of hydrogen-bond acceptors (Lipinski definition) is 5. The van der Waals surface area contributed by atoms with Gasteiger partial charge < -0.3 is 25.4 Å². The summed E-state index contributed by atoms with van der Waals surface area (Å²) in [5, 5.41) is 18.8. The molecule has 0 aromatic heterocycles. The van der Waals surface area contributed by atoms with Crippen molar-refractivity contribution in [2.75, 3.05) is 13.2 Å². The first-order valence-electron chi connectivity index (χ1n) is 4.48. The van der Waals surface area contributed by atoms with Crippen molar-refractivity contribution in [3.8, 4) is 0 Å². The quantitative estimate of drug-likeness (QED) is 0.523. The van der Waals surface area contributed by atoms with E-state index in [1.807, 2.05) is 0 Å². The predicted molar refractivity (Wildman–Crippen MR) is 46.0 cm³/mol. The summed E-state index contributed by atoms with van der Waals surface area (Å²) in [4.78, 5) is 0. The first-order valence-corrected chi connectivity index (χ1v) is 4.48. The maximum atomic E-state index is 9.43. The fraction of sp³-hybridized carbons (Fsp3) is 1.00. The number of aliphatic hydroxyl groups excluding tert-OH is 2. The highest BCUT2D eigenvalue weighted by Gasteiger charge is 2.34. The summed E-state index contributed by atoms with van der Waals surface area (Å²) in [6.45, 7) is 2.49. The molecule has 1 aliphatic heterocycles. The van der Waals surface area contributed by atoms with Crippen LogP contribution in [0.25, 0.3) is 0 Å². The van der Waals surface area contributed by atoms with Crippen molar-refractivity contribution < 1.29 is 19.7 Å². The van der Waals surface area contributed by atoms with Crippen LogP contribution in [0, 0.1) is 0 Å². The van der Waals surface area contributed by atoms with E-state index < -0.39 is 18.5 Å². The standard InChI is InChI=1S/C8H17NO4/c1-5-6(10)4-7(11)8(13-5)12-3-2-9/h5-8,10-11H,2-4,9H2,1H3/t5?,6-,7?,8-/m0/s1. The van der Waals surface area contributed by atoms with Crippen LogP contribution in [0.5, 0.6) is 0 Å². The lowest BCUT2D eigenvalue weighted by molar-refractivity contribution is -0.259. The molecule has 4 atom stereocenters. The molecule has 1 fully saturated rings. The van der Waals surface area contributed by atoms with Gasteiger partial charge in [0.2, 0.25) is 0 Å². The molecule has 2 unspecified atom stereocenters. The Kier molecular flexibility index (Phi) is 4.08. The van der Waals surface area contributed by atoms with Gasteiger partial charge in [0.05, 0.1) is 18.8 Å². The van der Waals surface area contributed by atoms with Crippen molar-refractivity contribution in [2.24, 2.45) is 5.73 Å². The van der Waals surface area contributed by atoms with E-state index in [0.717, 1.165) is 0 Å². The molecule has 0 radical (unpaired) electrons. The second kappa shape index (κ2) is 4.88. The Morgan fingerprint density at radius 3 is 2.77 bits per heavy atom. The molecule has 0 aliphatic carbocycles. The fourth-order valence-electron chi connectivity index (χ4n) is 1.28. The molecule has 0 amide bonds. The van der Waals surface area contributed by atoms with Crippen LogP contribution in [-0.2, 0) is 9.47 Å². The van der Waals surface area contributed by atoms with E-state index in [4.69, 9.17) is 15.2 Å². The van der Waals surface area contributed by atoms with E-state index >= 15 is 0 Å². The van der Waals surface area contributed by atoms with Crippen molar-refractivity contribution in [3.05, 3.63) is 0 Å². The zero-order valence-electron chi connectivity index (χ0n) is 7.72. The van der Waals surface area contributed by atoms with Crippen LogP contribution in [0.15, 0.2) is 0 Å². The average molecular weight is 191 g/mol. The number of hydrogen-bond donors (Lipinski definition) is 3. The number of aliphatic hydroxyl groups is 2. The normalized spacial score (nSPS) is 40.6. The van der Waals surface area contributed by atoms with Crippen LogP contribution in [0.2, 0.25) is 0 Å². The molecule has 4 N–H and O–H groups in total. The van der Waals surface area contributed by atoms with E-state index in [0.29, 0.717) is 13.2 Å². The molecule has 5 heteroatoms. The van der Waals surface area contributed by atoms with E-state index in [9.17, 15) is 10.2 Å². The molecule has 5 nitrogen and oxygen atoms in total. The Balaban J connectivity index is 2.37. The first kappa shape index (κ1) is 10.9. The van der Waals surface area contributed by atoms with Gasteiger partial charge >= 0.3 is 0 Å². The van der Waals surface area contributed by atoms with Crippen LogP contribution >= 0.6 is 0 Å². The van der Waals surface area contributed by atoms with Crippen molar-refractivity contribution in [2.45, 2.75) is 37.9 Å². The zero-order chi connectivity index (χ0) is 9.84. The van der Waals surface area contributed by atoms with Crippen LogP contribution < -0.4 is 5.73 Å². The van der Waals surface area contributed by atoms with Gasteiger partial charge in [-0.15, -0.1) is 0 Å². The molecule has 0 spiro atoms. The third kappa shape index (κ3) is 2.89. The van der Waals surface area contributed by atoms with Gasteiger partial charge in [0.15, 0.2) is 6.29 Å². The Hall–Kier alpha value is -0.200. The topological polar surface area (TPSA) is 84.9 Å². The first-order chi connectivity index (χ1) is 6.15. The summed E-state index contributed by atoms with van der Waals surface area (Å²) in [7, 11) is 0. The van der Waals surface area contributed by atoms with Gasteiger partial charge in [-0.1, -0.05) is 0 Å². The van der Waals surface area contributed by atoms with E-state index in [1.54, 1.807) is 6.92 Å².